The van der Waals surface area contributed by atoms with E-state index in [1.54, 1.807) is 0 Å². The van der Waals surface area contributed by atoms with E-state index in [-0.39, 0.29) is 30.3 Å². The first-order valence-corrected chi connectivity index (χ1v) is 5.77. The van der Waals surface area contributed by atoms with Crippen LogP contribution in [-0.4, -0.2) is 46.4 Å². The Labute approximate surface area is 114 Å². The molecule has 0 saturated carbocycles. The summed E-state index contributed by atoms with van der Waals surface area (Å²) >= 11 is 5.74. The Morgan fingerprint density at radius 1 is 1.21 bits per heavy atom. The number of halogens is 1. The van der Waals surface area contributed by atoms with E-state index in [0.717, 1.165) is 0 Å². The summed E-state index contributed by atoms with van der Waals surface area (Å²) in [4.78, 5) is 34.9. The summed E-state index contributed by atoms with van der Waals surface area (Å²) in [6.45, 7) is 1.91. The van der Waals surface area contributed by atoms with Crippen molar-refractivity contribution >= 4 is 35.3 Å². The molecule has 5 N–H and O–H groups in total. The van der Waals surface area contributed by atoms with Crippen LogP contribution in [0.15, 0.2) is 0 Å². The smallest absolute Gasteiger partial charge is 0.237 e. The summed E-state index contributed by atoms with van der Waals surface area (Å²) in [7, 11) is 0. The predicted molar refractivity (Wildman–Crippen MR) is 69.6 cm³/mol. The van der Waals surface area contributed by atoms with E-state index >= 15 is 0 Å². The Morgan fingerprint density at radius 3 is 2.26 bits per heavy atom. The lowest BCUT2D eigenvalue weighted by Gasteiger charge is -2.19. The van der Waals surface area contributed by atoms with Crippen LogP contribution in [0.1, 0.15) is 6.92 Å². The van der Waals surface area contributed by atoms with Crippen molar-refractivity contribution in [1.82, 2.24) is 15.0 Å². The number of anilines is 2. The number of nitrogens with zero attached hydrogens (tertiary/aromatic N) is 4. The van der Waals surface area contributed by atoms with Gasteiger partial charge in [-0.2, -0.15) is 15.0 Å². The van der Waals surface area contributed by atoms with Crippen molar-refractivity contribution in [2.75, 3.05) is 29.9 Å². The fourth-order valence-electron chi connectivity index (χ4n) is 1.29. The van der Waals surface area contributed by atoms with Crippen LogP contribution in [0.5, 0.6) is 0 Å². The second-order valence-electron chi connectivity index (χ2n) is 3.55. The maximum absolute atomic E-state index is 11.0. The molecule has 1 heterocycles. The highest BCUT2D eigenvalue weighted by Gasteiger charge is 2.17. The minimum Gasteiger partial charge on any atom is -0.368 e. The Hall–Kier alpha value is -2.16. The minimum atomic E-state index is -0.650. The second-order valence-corrected chi connectivity index (χ2v) is 3.89. The van der Waals surface area contributed by atoms with Crippen molar-refractivity contribution in [2.45, 2.75) is 6.92 Å². The maximum Gasteiger partial charge on any atom is 0.237 e. The fraction of sp³-hybridized carbons (Fsp3) is 0.444. The van der Waals surface area contributed by atoms with Crippen LogP contribution in [0, 0.1) is 0 Å². The maximum atomic E-state index is 11.0. The van der Waals surface area contributed by atoms with Gasteiger partial charge in [0.2, 0.25) is 29.0 Å². The van der Waals surface area contributed by atoms with Gasteiger partial charge in [-0.25, -0.2) is 0 Å². The minimum absolute atomic E-state index is 0.0496. The average Bonchev–Trinajstić information content (AvgIpc) is 2.26. The van der Waals surface area contributed by atoms with Crippen LogP contribution in [0.25, 0.3) is 0 Å². The topological polar surface area (TPSA) is 140 Å². The van der Waals surface area contributed by atoms with E-state index < -0.39 is 11.8 Å². The summed E-state index contributed by atoms with van der Waals surface area (Å²) < 4.78 is 0. The van der Waals surface area contributed by atoms with Gasteiger partial charge in [0, 0.05) is 6.54 Å². The molecule has 2 amide bonds. The molecule has 0 bridgehead atoms. The summed E-state index contributed by atoms with van der Waals surface area (Å²) in [5, 5.41) is 2.78. The number of hydrogen-bond donors (Lipinski definition) is 3. The molecule has 0 fully saturated rings. The van der Waals surface area contributed by atoms with Gasteiger partial charge in [0.1, 0.15) is 13.1 Å². The number of carbonyl (C=O) groups is 2. The summed E-state index contributed by atoms with van der Waals surface area (Å²) in [6.07, 6.45) is 0. The number of nitrogens with two attached hydrogens (primary N) is 2. The van der Waals surface area contributed by atoms with Crippen molar-refractivity contribution < 1.29 is 9.59 Å². The van der Waals surface area contributed by atoms with Crippen molar-refractivity contribution in [1.29, 1.82) is 0 Å². The van der Waals surface area contributed by atoms with Crippen LogP contribution in [0.2, 0.25) is 5.28 Å². The molecule has 0 spiro atoms. The normalized spacial score (nSPS) is 10.0. The number of aromatic nitrogens is 3. The zero-order chi connectivity index (χ0) is 14.4. The Balaban J connectivity index is 3.05. The molecule has 0 aliphatic rings. The molecular formula is C9H14ClN7O2. The van der Waals surface area contributed by atoms with Crippen molar-refractivity contribution in [3.8, 4) is 0 Å². The first-order chi connectivity index (χ1) is 8.92. The molecule has 0 aromatic carbocycles. The molecule has 104 valence electrons. The summed E-state index contributed by atoms with van der Waals surface area (Å²) in [6, 6.07) is 0. The summed E-state index contributed by atoms with van der Waals surface area (Å²) in [5.41, 5.74) is 10.2. The van der Waals surface area contributed by atoms with Gasteiger partial charge in [-0.05, 0) is 18.5 Å². The molecule has 1 rings (SSSR count). The van der Waals surface area contributed by atoms with Crippen molar-refractivity contribution in [2.24, 2.45) is 11.5 Å². The van der Waals surface area contributed by atoms with E-state index in [4.69, 9.17) is 23.1 Å². The third-order valence-electron chi connectivity index (χ3n) is 1.91. The van der Waals surface area contributed by atoms with E-state index in [0.29, 0.717) is 6.54 Å². The third-order valence-corrected chi connectivity index (χ3v) is 2.08. The standard InChI is InChI=1S/C9H14ClN7O2/c1-2-13-8-14-7(10)15-9(16-8)17(3-5(11)18)4-6(12)19/h2-4H2,1H3,(H2,11,18)(H2,12,19)(H,13,14,15,16). The lowest BCUT2D eigenvalue weighted by atomic mass is 10.4. The van der Waals surface area contributed by atoms with Gasteiger partial charge in [-0.1, -0.05) is 0 Å². The number of hydrogen-bond acceptors (Lipinski definition) is 7. The van der Waals surface area contributed by atoms with Gasteiger partial charge in [0.15, 0.2) is 0 Å². The lowest BCUT2D eigenvalue weighted by molar-refractivity contribution is -0.117. The zero-order valence-corrected chi connectivity index (χ0v) is 11.0. The van der Waals surface area contributed by atoms with Crippen molar-refractivity contribution in [3.05, 3.63) is 5.28 Å². The monoisotopic (exact) mass is 287 g/mol. The molecule has 0 aliphatic heterocycles. The molecule has 1 aromatic rings. The third kappa shape index (κ3) is 4.92. The zero-order valence-electron chi connectivity index (χ0n) is 10.3. The van der Waals surface area contributed by atoms with Gasteiger partial charge in [-0.3, -0.25) is 9.59 Å². The van der Waals surface area contributed by atoms with E-state index in [2.05, 4.69) is 20.3 Å². The number of rotatable bonds is 7. The molecule has 19 heavy (non-hydrogen) atoms. The molecule has 9 nitrogen and oxygen atoms in total. The molecule has 0 saturated heterocycles. The summed E-state index contributed by atoms with van der Waals surface area (Å²) in [5.74, 6) is -1.02. The van der Waals surface area contributed by atoms with Crippen LogP contribution < -0.4 is 21.7 Å². The average molecular weight is 288 g/mol. The van der Waals surface area contributed by atoms with Gasteiger partial charge >= 0.3 is 0 Å². The number of amides is 2. The second kappa shape index (κ2) is 6.69. The molecule has 0 radical (unpaired) electrons. The number of carbonyl (C=O) groups excluding carboxylic acids is 2. The van der Waals surface area contributed by atoms with E-state index in [9.17, 15) is 9.59 Å². The Bertz CT molecular complexity index is 466. The molecular weight excluding hydrogens is 274 g/mol. The van der Waals surface area contributed by atoms with Crippen molar-refractivity contribution in [3.63, 3.8) is 0 Å². The van der Waals surface area contributed by atoms with Gasteiger partial charge in [-0.15, -0.1) is 0 Å². The molecule has 0 atom stereocenters. The number of primary amides is 2. The fourth-order valence-corrected chi connectivity index (χ4v) is 1.45. The van der Waals surface area contributed by atoms with Gasteiger partial charge in [0.05, 0.1) is 0 Å². The molecule has 1 aromatic heterocycles. The van der Waals surface area contributed by atoms with Gasteiger partial charge < -0.3 is 21.7 Å². The highest BCUT2D eigenvalue weighted by Crippen LogP contribution is 2.13. The van der Waals surface area contributed by atoms with Crippen LogP contribution in [0.3, 0.4) is 0 Å². The Kier molecular flexibility index (Phi) is 5.24. The van der Waals surface area contributed by atoms with E-state index in [1.807, 2.05) is 6.92 Å². The van der Waals surface area contributed by atoms with Crippen LogP contribution in [0.4, 0.5) is 11.9 Å². The van der Waals surface area contributed by atoms with Gasteiger partial charge in [0.25, 0.3) is 0 Å². The predicted octanol–water partition coefficient (Wildman–Crippen LogP) is -1.27. The highest BCUT2D eigenvalue weighted by atomic mass is 35.5. The molecule has 0 unspecified atom stereocenters. The molecule has 0 aliphatic carbocycles. The first kappa shape index (κ1) is 14.9. The Morgan fingerprint density at radius 2 is 1.79 bits per heavy atom. The SMILES string of the molecule is CCNc1nc(Cl)nc(N(CC(N)=O)CC(N)=O)n1. The first-order valence-electron chi connectivity index (χ1n) is 5.39. The largest absolute Gasteiger partial charge is 0.368 e. The van der Waals surface area contributed by atoms with E-state index in [1.165, 1.54) is 4.90 Å². The van der Waals surface area contributed by atoms with Crippen LogP contribution >= 0.6 is 11.6 Å². The van der Waals surface area contributed by atoms with Crippen LogP contribution in [-0.2, 0) is 9.59 Å². The lowest BCUT2D eigenvalue weighted by Crippen LogP contribution is -2.40. The molecule has 10 heteroatoms. The quantitative estimate of drug-likeness (QED) is 0.568. The highest BCUT2D eigenvalue weighted by molar-refractivity contribution is 6.28. The number of nitrogens with one attached hydrogen (secondary N) is 1.